The molecular weight excluding hydrogens is 669 g/mol. The SMILES string of the molecule is [C-]#[N+]C1=C(c2ccc([N+]#[C-])cc2)/C(=C(/C#N)c2ccc([N+]#[C-])cn2)c2cc3c(cc21)/C(=C(\[N+]#[C-])c1ccc(C#N)cn1)C(c1ccc(C#N)cc1)=C3C#N. The number of hydrogen-bond acceptors (Lipinski definition) is 6. The monoisotopic (exact) mass is 684 g/mol. The smallest absolute Gasteiger partial charge is 0.220 e. The van der Waals surface area contributed by atoms with Crippen molar-refractivity contribution in [2.45, 2.75) is 0 Å². The summed E-state index contributed by atoms with van der Waals surface area (Å²) in [6, 6.07) is 31.8. The zero-order valence-electron chi connectivity index (χ0n) is 27.7. The average Bonchev–Trinajstić information content (AvgIpc) is 3.72. The molecule has 0 bridgehead atoms. The van der Waals surface area contributed by atoms with E-state index in [0.717, 1.165) is 0 Å². The Labute approximate surface area is 309 Å². The molecule has 54 heavy (non-hydrogen) atoms. The summed E-state index contributed by atoms with van der Waals surface area (Å²) in [7, 11) is 0. The van der Waals surface area contributed by atoms with Gasteiger partial charge in [0.05, 0.1) is 66.0 Å². The molecule has 0 aliphatic heterocycles. The quantitative estimate of drug-likeness (QED) is 0.136. The fourth-order valence-corrected chi connectivity index (χ4v) is 6.60. The van der Waals surface area contributed by atoms with Crippen LogP contribution in [0.15, 0.2) is 97.3 Å². The number of pyridine rings is 2. The molecule has 2 aliphatic carbocycles. The molecule has 7 rings (SSSR count). The van der Waals surface area contributed by atoms with Crippen molar-refractivity contribution in [2.75, 3.05) is 0 Å². The van der Waals surface area contributed by atoms with Crippen LogP contribution in [0.2, 0.25) is 0 Å². The van der Waals surface area contributed by atoms with Gasteiger partial charge in [-0.25, -0.2) is 19.4 Å². The van der Waals surface area contributed by atoms with Crippen LogP contribution in [-0.4, -0.2) is 9.97 Å². The van der Waals surface area contributed by atoms with Crippen LogP contribution < -0.4 is 0 Å². The Hall–Kier alpha value is -9.16. The molecule has 0 atom stereocenters. The van der Waals surface area contributed by atoms with Gasteiger partial charge in [0.2, 0.25) is 17.1 Å². The highest BCUT2D eigenvalue weighted by molar-refractivity contribution is 6.33. The van der Waals surface area contributed by atoms with Gasteiger partial charge in [0, 0.05) is 12.4 Å². The van der Waals surface area contributed by atoms with E-state index < -0.39 is 0 Å². The van der Waals surface area contributed by atoms with Gasteiger partial charge in [-0.3, -0.25) is 9.97 Å². The van der Waals surface area contributed by atoms with Crippen molar-refractivity contribution >= 4 is 56.2 Å². The van der Waals surface area contributed by atoms with Crippen molar-refractivity contribution in [3.05, 3.63) is 199 Å². The van der Waals surface area contributed by atoms with Crippen molar-refractivity contribution in [1.29, 1.82) is 21.0 Å². The number of nitrogens with zero attached hydrogens (tertiary/aromatic N) is 10. The third kappa shape index (κ3) is 5.31. The van der Waals surface area contributed by atoms with E-state index >= 15 is 0 Å². The van der Waals surface area contributed by atoms with Gasteiger partial charge in [0.1, 0.15) is 18.2 Å². The molecule has 0 N–H and O–H groups in total. The van der Waals surface area contributed by atoms with Crippen molar-refractivity contribution in [3.8, 4) is 24.3 Å². The summed E-state index contributed by atoms with van der Waals surface area (Å²) in [4.78, 5) is 23.6. The summed E-state index contributed by atoms with van der Waals surface area (Å²) >= 11 is 0. The number of nitriles is 4. The number of benzene rings is 3. The topological polar surface area (TPSA) is 138 Å². The standard InChI is InChI=1S/C44H16N10/c1-49-29-12-10-28(11-13-29)40-41(36(22-48)37-16-14-30(50-2)24-54-37)33-17-31-32(18-34(33)43(40)51-3)42(44(52-4)38-15-7-26(20-46)23-53-38)39(35(31)21-47)27-8-5-25(19-45)6-9-27/h5-18,23-24H/b41-36-,44-42+. The third-order valence-electron chi connectivity index (χ3n) is 9.00. The van der Waals surface area contributed by atoms with Gasteiger partial charge < -0.3 is 0 Å². The van der Waals surface area contributed by atoms with Crippen LogP contribution in [-0.2, 0) is 0 Å². The second-order valence-electron chi connectivity index (χ2n) is 11.7. The van der Waals surface area contributed by atoms with E-state index in [2.05, 4.69) is 47.6 Å². The molecule has 0 fully saturated rings. The Morgan fingerprint density at radius 3 is 1.69 bits per heavy atom. The molecule has 10 nitrogen and oxygen atoms in total. The molecule has 5 aromatic rings. The normalized spacial score (nSPS) is 14.1. The number of allylic oxidation sites excluding steroid dienone is 6. The second kappa shape index (κ2) is 13.6. The van der Waals surface area contributed by atoms with Crippen LogP contribution in [0.4, 0.5) is 11.4 Å². The zero-order valence-corrected chi connectivity index (χ0v) is 27.7. The first-order chi connectivity index (χ1) is 26.4. The number of fused-ring (bicyclic) bond motifs is 2. The lowest BCUT2D eigenvalue weighted by atomic mass is 9.89. The molecule has 0 saturated carbocycles. The van der Waals surface area contributed by atoms with E-state index in [1.165, 1.54) is 12.4 Å². The number of rotatable bonds is 4. The van der Waals surface area contributed by atoms with Crippen molar-refractivity contribution in [3.63, 3.8) is 0 Å². The lowest BCUT2D eigenvalue weighted by Crippen LogP contribution is -1.97. The molecule has 0 unspecified atom stereocenters. The molecule has 3 aromatic carbocycles. The maximum atomic E-state index is 10.8. The average molecular weight is 685 g/mol. The molecule has 2 aliphatic rings. The molecular formula is C44H16N10. The highest BCUT2D eigenvalue weighted by Crippen LogP contribution is 2.56. The zero-order chi connectivity index (χ0) is 37.9. The molecule has 0 saturated heterocycles. The van der Waals surface area contributed by atoms with E-state index in [4.69, 9.17) is 26.3 Å². The molecule has 0 radical (unpaired) electrons. The Morgan fingerprint density at radius 2 is 1.13 bits per heavy atom. The maximum Gasteiger partial charge on any atom is 0.220 e. The minimum Gasteiger partial charge on any atom is -0.267 e. The summed E-state index contributed by atoms with van der Waals surface area (Å²) in [5.74, 6) is 0. The van der Waals surface area contributed by atoms with Gasteiger partial charge in [-0.15, -0.1) is 0 Å². The summed E-state index contributed by atoms with van der Waals surface area (Å²) in [5, 5.41) is 40.5. The van der Waals surface area contributed by atoms with E-state index in [1.54, 1.807) is 84.9 Å². The number of aromatic nitrogens is 2. The van der Waals surface area contributed by atoms with Gasteiger partial charge in [0.15, 0.2) is 5.69 Å². The van der Waals surface area contributed by atoms with E-state index in [1.807, 2.05) is 6.07 Å². The molecule has 2 heterocycles. The van der Waals surface area contributed by atoms with Crippen LogP contribution in [0.25, 0.3) is 64.2 Å². The van der Waals surface area contributed by atoms with Gasteiger partial charge >= 0.3 is 0 Å². The van der Waals surface area contributed by atoms with Crippen molar-refractivity contribution in [1.82, 2.24) is 9.97 Å². The first-order valence-corrected chi connectivity index (χ1v) is 15.8. The van der Waals surface area contributed by atoms with Crippen molar-refractivity contribution in [2.24, 2.45) is 0 Å². The number of hydrogen-bond donors (Lipinski definition) is 0. The summed E-state index contributed by atoms with van der Waals surface area (Å²) in [5.41, 5.74) is 7.13. The fraction of sp³-hybridized carbons (Fsp3) is 0. The highest BCUT2D eigenvalue weighted by atomic mass is 14.8. The Morgan fingerprint density at radius 1 is 0.537 bits per heavy atom. The van der Waals surface area contributed by atoms with Crippen LogP contribution >= 0.6 is 0 Å². The highest BCUT2D eigenvalue weighted by Gasteiger charge is 2.37. The van der Waals surface area contributed by atoms with Crippen LogP contribution in [0.1, 0.15) is 55.9 Å². The van der Waals surface area contributed by atoms with Gasteiger partial charge in [-0.2, -0.15) is 21.0 Å². The van der Waals surface area contributed by atoms with E-state index in [0.29, 0.717) is 72.5 Å². The lowest BCUT2D eigenvalue weighted by molar-refractivity contribution is 1.26. The van der Waals surface area contributed by atoms with Gasteiger partial charge in [-0.05, 0) is 92.1 Å². The first-order valence-electron chi connectivity index (χ1n) is 15.8. The van der Waals surface area contributed by atoms with Crippen LogP contribution in [0.3, 0.4) is 0 Å². The fourth-order valence-electron chi connectivity index (χ4n) is 6.60. The predicted octanol–water partition coefficient (Wildman–Crippen LogP) is 9.79. The first kappa shape index (κ1) is 33.3. The van der Waals surface area contributed by atoms with Crippen molar-refractivity contribution < 1.29 is 0 Å². The minimum atomic E-state index is 0.101. The minimum absolute atomic E-state index is 0.101. The van der Waals surface area contributed by atoms with E-state index in [-0.39, 0.29) is 39.6 Å². The molecule has 0 amide bonds. The van der Waals surface area contributed by atoms with Gasteiger partial charge in [0.25, 0.3) is 0 Å². The predicted molar refractivity (Wildman–Crippen MR) is 201 cm³/mol. The van der Waals surface area contributed by atoms with Gasteiger partial charge in [-0.1, -0.05) is 48.5 Å². The summed E-state index contributed by atoms with van der Waals surface area (Å²) in [6.45, 7) is 31.6. The second-order valence-corrected chi connectivity index (χ2v) is 11.7. The molecule has 242 valence electrons. The lowest BCUT2D eigenvalue weighted by Gasteiger charge is -2.14. The molecule has 0 spiro atoms. The third-order valence-corrected chi connectivity index (χ3v) is 9.00. The van der Waals surface area contributed by atoms with E-state index in [9.17, 15) is 21.0 Å². The van der Waals surface area contributed by atoms with Crippen LogP contribution in [0, 0.1) is 71.6 Å². The Kier molecular flexibility index (Phi) is 8.41. The largest absolute Gasteiger partial charge is 0.267 e. The molecule has 10 heteroatoms. The Bertz CT molecular complexity index is 2750. The summed E-state index contributed by atoms with van der Waals surface area (Å²) in [6.07, 6.45) is 2.73. The molecule has 2 aromatic heterocycles. The summed E-state index contributed by atoms with van der Waals surface area (Å²) < 4.78 is 0. The Balaban J connectivity index is 1.61. The maximum absolute atomic E-state index is 10.8. The van der Waals surface area contributed by atoms with Crippen LogP contribution in [0.5, 0.6) is 0 Å².